The number of rotatable bonds is 3. The maximum atomic E-state index is 11.8. The number of amides is 1. The standard InChI is InChI=1S/C18H20N2O2S/c1-12(20-17(21)22-18(2,3)4)13-5-7-14(8-6-13)15-9-10-23-16(15)11-19/h5-10,12H,1-4H3,(H,20,21)/t12-/m1/s1. The first-order valence-corrected chi connectivity index (χ1v) is 8.25. The summed E-state index contributed by atoms with van der Waals surface area (Å²) in [5.74, 6) is 0. The van der Waals surface area contributed by atoms with Crippen LogP contribution in [0.1, 0.15) is 44.2 Å². The minimum Gasteiger partial charge on any atom is -0.444 e. The summed E-state index contributed by atoms with van der Waals surface area (Å²) < 4.78 is 5.26. The van der Waals surface area contributed by atoms with Crippen LogP contribution < -0.4 is 5.32 Å². The molecule has 5 heteroatoms. The molecular weight excluding hydrogens is 308 g/mol. The van der Waals surface area contributed by atoms with Crippen molar-refractivity contribution in [2.45, 2.75) is 39.3 Å². The van der Waals surface area contributed by atoms with E-state index in [1.165, 1.54) is 11.3 Å². The largest absolute Gasteiger partial charge is 0.444 e. The zero-order valence-electron chi connectivity index (χ0n) is 13.7. The second kappa shape index (κ2) is 6.84. The van der Waals surface area contributed by atoms with Crippen molar-refractivity contribution in [2.24, 2.45) is 0 Å². The van der Waals surface area contributed by atoms with E-state index < -0.39 is 11.7 Å². The lowest BCUT2D eigenvalue weighted by atomic mass is 10.0. The van der Waals surface area contributed by atoms with Crippen LogP contribution in [0.15, 0.2) is 35.7 Å². The molecule has 23 heavy (non-hydrogen) atoms. The molecule has 2 aromatic rings. The molecule has 0 spiro atoms. The van der Waals surface area contributed by atoms with Crippen molar-refractivity contribution in [2.75, 3.05) is 0 Å². The molecule has 0 unspecified atom stereocenters. The molecule has 0 fully saturated rings. The van der Waals surface area contributed by atoms with Gasteiger partial charge in [-0.15, -0.1) is 11.3 Å². The first kappa shape index (κ1) is 17.0. The number of nitrogens with zero attached hydrogens (tertiary/aromatic N) is 1. The van der Waals surface area contributed by atoms with E-state index in [9.17, 15) is 4.79 Å². The molecule has 0 aliphatic carbocycles. The van der Waals surface area contributed by atoms with E-state index in [0.717, 1.165) is 16.7 Å². The third kappa shape index (κ3) is 4.57. The molecule has 4 nitrogen and oxygen atoms in total. The minimum absolute atomic E-state index is 0.156. The van der Waals surface area contributed by atoms with Crippen LogP contribution in [0.4, 0.5) is 4.79 Å². The van der Waals surface area contributed by atoms with Crippen molar-refractivity contribution >= 4 is 17.4 Å². The first-order chi connectivity index (χ1) is 10.8. The van der Waals surface area contributed by atoms with E-state index >= 15 is 0 Å². The zero-order chi connectivity index (χ0) is 17.0. The van der Waals surface area contributed by atoms with Crippen LogP contribution in [0.25, 0.3) is 11.1 Å². The molecule has 120 valence electrons. The van der Waals surface area contributed by atoms with E-state index in [4.69, 9.17) is 10.00 Å². The van der Waals surface area contributed by atoms with Gasteiger partial charge in [0, 0.05) is 5.56 Å². The Morgan fingerprint density at radius 2 is 1.91 bits per heavy atom. The first-order valence-electron chi connectivity index (χ1n) is 7.37. The molecule has 0 radical (unpaired) electrons. The van der Waals surface area contributed by atoms with Crippen LogP contribution >= 0.6 is 11.3 Å². The van der Waals surface area contributed by atoms with Crippen LogP contribution in [-0.4, -0.2) is 11.7 Å². The van der Waals surface area contributed by atoms with Gasteiger partial charge in [-0.05, 0) is 50.3 Å². The van der Waals surface area contributed by atoms with E-state index in [-0.39, 0.29) is 6.04 Å². The molecular formula is C18H20N2O2S. The van der Waals surface area contributed by atoms with Gasteiger partial charge in [0.05, 0.1) is 6.04 Å². The third-order valence-corrected chi connectivity index (χ3v) is 4.04. The smallest absolute Gasteiger partial charge is 0.408 e. The van der Waals surface area contributed by atoms with Gasteiger partial charge < -0.3 is 10.1 Å². The Labute approximate surface area is 140 Å². The molecule has 1 amide bonds. The van der Waals surface area contributed by atoms with E-state index in [1.54, 1.807) is 0 Å². The molecule has 1 N–H and O–H groups in total. The van der Waals surface area contributed by atoms with Crippen LogP contribution in [0.5, 0.6) is 0 Å². The van der Waals surface area contributed by atoms with Gasteiger partial charge in [-0.2, -0.15) is 5.26 Å². The molecule has 0 aliphatic heterocycles. The highest BCUT2D eigenvalue weighted by Crippen LogP contribution is 2.28. The van der Waals surface area contributed by atoms with Crippen molar-refractivity contribution in [1.29, 1.82) is 5.26 Å². The molecule has 0 aliphatic rings. The molecule has 0 saturated heterocycles. The second-order valence-electron chi connectivity index (χ2n) is 6.27. The monoisotopic (exact) mass is 328 g/mol. The van der Waals surface area contributed by atoms with Gasteiger partial charge in [-0.1, -0.05) is 24.3 Å². The number of hydrogen-bond donors (Lipinski definition) is 1. The maximum Gasteiger partial charge on any atom is 0.408 e. The summed E-state index contributed by atoms with van der Waals surface area (Å²) in [6.45, 7) is 7.41. The Bertz CT molecular complexity index is 721. The summed E-state index contributed by atoms with van der Waals surface area (Å²) in [7, 11) is 0. The summed E-state index contributed by atoms with van der Waals surface area (Å²) in [6, 6.07) is 11.8. The van der Waals surface area contributed by atoms with E-state index in [2.05, 4.69) is 11.4 Å². The number of benzene rings is 1. The predicted octanol–water partition coefficient (Wildman–Crippen LogP) is 4.87. The van der Waals surface area contributed by atoms with Gasteiger partial charge in [-0.3, -0.25) is 0 Å². The number of thiophene rings is 1. The number of ether oxygens (including phenoxy) is 1. The topological polar surface area (TPSA) is 62.1 Å². The van der Waals surface area contributed by atoms with Gasteiger partial charge in [0.25, 0.3) is 0 Å². The highest BCUT2D eigenvalue weighted by molar-refractivity contribution is 7.11. The summed E-state index contributed by atoms with van der Waals surface area (Å²) in [4.78, 5) is 12.5. The van der Waals surface area contributed by atoms with Crippen molar-refractivity contribution in [3.05, 3.63) is 46.2 Å². The number of carbonyl (C=O) groups is 1. The molecule has 0 bridgehead atoms. The average molecular weight is 328 g/mol. The molecule has 1 aromatic heterocycles. The van der Waals surface area contributed by atoms with Crippen LogP contribution in [0.3, 0.4) is 0 Å². The Balaban J connectivity index is 2.08. The zero-order valence-corrected chi connectivity index (χ0v) is 14.5. The van der Waals surface area contributed by atoms with Gasteiger partial charge >= 0.3 is 6.09 Å². The fourth-order valence-electron chi connectivity index (χ4n) is 2.14. The Kier molecular flexibility index (Phi) is 5.07. The van der Waals surface area contributed by atoms with E-state index in [0.29, 0.717) is 4.88 Å². The summed E-state index contributed by atoms with van der Waals surface area (Å²) >= 11 is 1.43. The quantitative estimate of drug-likeness (QED) is 0.874. The Morgan fingerprint density at radius 1 is 1.26 bits per heavy atom. The molecule has 1 atom stereocenters. The second-order valence-corrected chi connectivity index (χ2v) is 7.18. The number of nitrogens with one attached hydrogen (secondary N) is 1. The predicted molar refractivity (Wildman–Crippen MR) is 92.3 cm³/mol. The van der Waals surface area contributed by atoms with Crippen molar-refractivity contribution in [3.8, 4) is 17.2 Å². The summed E-state index contributed by atoms with van der Waals surface area (Å²) in [5, 5.41) is 13.8. The SMILES string of the molecule is C[C@@H](NC(=O)OC(C)(C)C)c1ccc(-c2ccsc2C#N)cc1. The van der Waals surface area contributed by atoms with Gasteiger partial charge in [-0.25, -0.2) is 4.79 Å². The number of hydrogen-bond acceptors (Lipinski definition) is 4. The van der Waals surface area contributed by atoms with Crippen LogP contribution in [0.2, 0.25) is 0 Å². The number of nitriles is 1. The van der Waals surface area contributed by atoms with Crippen molar-refractivity contribution in [3.63, 3.8) is 0 Å². The van der Waals surface area contributed by atoms with Crippen LogP contribution in [0, 0.1) is 11.3 Å². The number of alkyl carbamates (subject to hydrolysis) is 1. The Morgan fingerprint density at radius 3 is 2.48 bits per heavy atom. The molecule has 1 aromatic carbocycles. The normalized spacial score (nSPS) is 12.3. The van der Waals surface area contributed by atoms with Gasteiger partial charge in [0.15, 0.2) is 0 Å². The maximum absolute atomic E-state index is 11.8. The molecule has 2 rings (SSSR count). The summed E-state index contributed by atoms with van der Waals surface area (Å²) in [5.41, 5.74) is 2.40. The van der Waals surface area contributed by atoms with Gasteiger partial charge in [0.2, 0.25) is 0 Å². The lowest BCUT2D eigenvalue weighted by Gasteiger charge is -2.22. The highest BCUT2D eigenvalue weighted by atomic mass is 32.1. The van der Waals surface area contributed by atoms with Crippen molar-refractivity contribution in [1.82, 2.24) is 5.32 Å². The van der Waals surface area contributed by atoms with E-state index in [1.807, 2.05) is 63.4 Å². The van der Waals surface area contributed by atoms with Gasteiger partial charge in [0.1, 0.15) is 16.5 Å². The lowest BCUT2D eigenvalue weighted by molar-refractivity contribution is 0.0508. The lowest BCUT2D eigenvalue weighted by Crippen LogP contribution is -2.34. The van der Waals surface area contributed by atoms with Crippen LogP contribution in [-0.2, 0) is 4.74 Å². The fourth-order valence-corrected chi connectivity index (χ4v) is 2.85. The number of carbonyl (C=O) groups excluding carboxylic acids is 1. The fraction of sp³-hybridized carbons (Fsp3) is 0.333. The average Bonchev–Trinajstić information content (AvgIpc) is 2.93. The Hall–Kier alpha value is -2.32. The molecule has 1 heterocycles. The summed E-state index contributed by atoms with van der Waals surface area (Å²) in [6.07, 6.45) is -0.432. The molecule has 0 saturated carbocycles. The third-order valence-electron chi connectivity index (χ3n) is 3.22. The minimum atomic E-state index is -0.514. The van der Waals surface area contributed by atoms with Crippen molar-refractivity contribution < 1.29 is 9.53 Å². The highest BCUT2D eigenvalue weighted by Gasteiger charge is 2.18.